The smallest absolute Gasteiger partial charge is 0.258 e. The van der Waals surface area contributed by atoms with Crippen molar-refractivity contribution in [2.75, 3.05) is 19.1 Å². The zero-order valence-corrected chi connectivity index (χ0v) is 11.7. The molecule has 2 heterocycles. The van der Waals surface area contributed by atoms with Gasteiger partial charge in [-0.05, 0) is 18.9 Å². The standard InChI is InChI=1S/C10H16ClN3O3S/c1-14-9(2-5-12-14)18(15,16)13-10(8-11)3-6-17-7-4-10/h2,5,13H,3-4,6-8H2,1H3. The van der Waals surface area contributed by atoms with E-state index in [1.165, 1.54) is 16.9 Å². The lowest BCUT2D eigenvalue weighted by Crippen LogP contribution is -2.53. The molecule has 1 fully saturated rings. The maximum atomic E-state index is 12.3. The minimum Gasteiger partial charge on any atom is -0.381 e. The number of nitrogens with zero attached hydrogens (tertiary/aromatic N) is 2. The van der Waals surface area contributed by atoms with Crippen molar-refractivity contribution in [2.45, 2.75) is 23.4 Å². The lowest BCUT2D eigenvalue weighted by molar-refractivity contribution is 0.0548. The quantitative estimate of drug-likeness (QED) is 0.820. The van der Waals surface area contributed by atoms with Crippen LogP contribution in [0.5, 0.6) is 0 Å². The van der Waals surface area contributed by atoms with E-state index < -0.39 is 15.6 Å². The molecule has 0 spiro atoms. The number of aromatic nitrogens is 2. The van der Waals surface area contributed by atoms with Gasteiger partial charge >= 0.3 is 0 Å². The summed E-state index contributed by atoms with van der Waals surface area (Å²) in [4.78, 5) is 0. The number of aryl methyl sites for hydroxylation is 1. The predicted octanol–water partition coefficient (Wildman–Crippen LogP) is 0.486. The fraction of sp³-hybridized carbons (Fsp3) is 0.700. The van der Waals surface area contributed by atoms with E-state index in [4.69, 9.17) is 16.3 Å². The van der Waals surface area contributed by atoms with Crippen LogP contribution in [0.3, 0.4) is 0 Å². The first-order chi connectivity index (χ1) is 8.49. The highest BCUT2D eigenvalue weighted by atomic mass is 35.5. The van der Waals surface area contributed by atoms with Gasteiger partial charge in [-0.2, -0.15) is 5.10 Å². The van der Waals surface area contributed by atoms with Crippen molar-refractivity contribution in [1.82, 2.24) is 14.5 Å². The van der Waals surface area contributed by atoms with Crippen molar-refractivity contribution < 1.29 is 13.2 Å². The molecule has 0 radical (unpaired) electrons. The van der Waals surface area contributed by atoms with Crippen molar-refractivity contribution in [1.29, 1.82) is 0 Å². The summed E-state index contributed by atoms with van der Waals surface area (Å²) in [5.74, 6) is 0.230. The van der Waals surface area contributed by atoms with Crippen molar-refractivity contribution in [3.63, 3.8) is 0 Å². The fourth-order valence-corrected chi connectivity index (χ4v) is 3.99. The molecule has 1 saturated heterocycles. The van der Waals surface area contributed by atoms with Crippen LogP contribution in [0.15, 0.2) is 17.3 Å². The molecule has 102 valence electrons. The number of halogens is 1. The van der Waals surface area contributed by atoms with Crippen LogP contribution < -0.4 is 4.72 Å². The van der Waals surface area contributed by atoms with Crippen LogP contribution in [0, 0.1) is 0 Å². The van der Waals surface area contributed by atoms with Gasteiger partial charge in [0, 0.05) is 26.1 Å². The molecule has 0 unspecified atom stereocenters. The molecule has 0 atom stereocenters. The Morgan fingerprint density at radius 2 is 2.22 bits per heavy atom. The molecule has 18 heavy (non-hydrogen) atoms. The minimum absolute atomic E-state index is 0.137. The summed E-state index contributed by atoms with van der Waals surface area (Å²) in [5.41, 5.74) is -0.622. The summed E-state index contributed by atoms with van der Waals surface area (Å²) >= 11 is 5.94. The Bertz CT molecular complexity index is 508. The molecule has 2 rings (SSSR count). The van der Waals surface area contributed by atoms with Gasteiger partial charge in [0.15, 0.2) is 5.03 Å². The second kappa shape index (κ2) is 5.16. The van der Waals surface area contributed by atoms with E-state index in [1.807, 2.05) is 0 Å². The highest BCUT2D eigenvalue weighted by Crippen LogP contribution is 2.24. The third-order valence-electron chi connectivity index (χ3n) is 3.11. The summed E-state index contributed by atoms with van der Waals surface area (Å²) in [5, 5.41) is 4.00. The molecule has 0 aromatic carbocycles. The second-order valence-electron chi connectivity index (χ2n) is 4.42. The van der Waals surface area contributed by atoms with Crippen LogP contribution in [-0.2, 0) is 21.8 Å². The number of hydrogen-bond acceptors (Lipinski definition) is 4. The van der Waals surface area contributed by atoms with Crippen LogP contribution in [0.25, 0.3) is 0 Å². The van der Waals surface area contributed by atoms with Crippen LogP contribution >= 0.6 is 11.6 Å². The summed E-state index contributed by atoms with van der Waals surface area (Å²) in [6.45, 7) is 1.03. The fourth-order valence-electron chi connectivity index (χ4n) is 1.99. The van der Waals surface area contributed by atoms with Crippen LogP contribution in [0.4, 0.5) is 0 Å². The molecular weight excluding hydrogens is 278 g/mol. The van der Waals surface area contributed by atoms with E-state index in [-0.39, 0.29) is 10.9 Å². The first kappa shape index (κ1) is 13.8. The van der Waals surface area contributed by atoms with E-state index >= 15 is 0 Å². The molecule has 8 heteroatoms. The Kier molecular flexibility index (Phi) is 3.96. The van der Waals surface area contributed by atoms with E-state index in [9.17, 15) is 8.42 Å². The van der Waals surface area contributed by atoms with Gasteiger partial charge in [-0.15, -0.1) is 11.6 Å². The number of nitrogens with one attached hydrogen (secondary N) is 1. The summed E-state index contributed by atoms with van der Waals surface area (Å²) in [6, 6.07) is 1.46. The van der Waals surface area contributed by atoms with Crippen molar-refractivity contribution >= 4 is 21.6 Å². The zero-order chi connectivity index (χ0) is 13.2. The third kappa shape index (κ3) is 2.69. The lowest BCUT2D eigenvalue weighted by Gasteiger charge is -2.35. The summed E-state index contributed by atoms with van der Waals surface area (Å²) in [6.07, 6.45) is 2.60. The number of hydrogen-bond donors (Lipinski definition) is 1. The minimum atomic E-state index is -3.61. The SMILES string of the molecule is Cn1nccc1S(=O)(=O)NC1(CCl)CCOCC1. The zero-order valence-electron chi connectivity index (χ0n) is 10.1. The van der Waals surface area contributed by atoms with E-state index in [0.29, 0.717) is 26.1 Å². The van der Waals surface area contributed by atoms with E-state index in [1.54, 1.807) is 7.05 Å². The Morgan fingerprint density at radius 3 is 2.72 bits per heavy atom. The lowest BCUT2D eigenvalue weighted by atomic mass is 9.94. The molecule has 1 aliphatic heterocycles. The summed E-state index contributed by atoms with van der Waals surface area (Å²) < 4.78 is 33.8. The van der Waals surface area contributed by atoms with Gasteiger partial charge in [0.2, 0.25) is 0 Å². The predicted molar refractivity (Wildman–Crippen MR) is 67.0 cm³/mol. The highest BCUT2D eigenvalue weighted by molar-refractivity contribution is 7.89. The van der Waals surface area contributed by atoms with Gasteiger partial charge in [-0.1, -0.05) is 0 Å². The number of sulfonamides is 1. The Labute approximate surface area is 111 Å². The van der Waals surface area contributed by atoms with Crippen molar-refractivity contribution in [3.05, 3.63) is 12.3 Å². The first-order valence-corrected chi connectivity index (χ1v) is 7.67. The molecule has 0 saturated carbocycles. The van der Waals surface area contributed by atoms with Crippen molar-refractivity contribution in [3.8, 4) is 0 Å². The Balaban J connectivity index is 2.24. The van der Waals surface area contributed by atoms with Gasteiger partial charge in [0.25, 0.3) is 10.0 Å². The largest absolute Gasteiger partial charge is 0.381 e. The summed E-state index contributed by atoms with van der Waals surface area (Å²) in [7, 11) is -2.02. The Morgan fingerprint density at radius 1 is 1.56 bits per heavy atom. The van der Waals surface area contributed by atoms with Crippen molar-refractivity contribution in [2.24, 2.45) is 7.05 Å². The molecule has 1 aromatic rings. The van der Waals surface area contributed by atoms with Gasteiger partial charge in [-0.25, -0.2) is 13.1 Å². The second-order valence-corrected chi connectivity index (χ2v) is 6.32. The molecule has 0 aliphatic carbocycles. The molecular formula is C10H16ClN3O3S. The van der Waals surface area contributed by atoms with E-state index in [0.717, 1.165) is 0 Å². The number of alkyl halides is 1. The maximum absolute atomic E-state index is 12.3. The van der Waals surface area contributed by atoms with Crippen LogP contribution in [0.1, 0.15) is 12.8 Å². The van der Waals surface area contributed by atoms with Gasteiger partial charge in [-0.3, -0.25) is 4.68 Å². The highest BCUT2D eigenvalue weighted by Gasteiger charge is 2.37. The maximum Gasteiger partial charge on any atom is 0.258 e. The third-order valence-corrected chi connectivity index (χ3v) is 5.27. The van der Waals surface area contributed by atoms with Crippen LogP contribution in [-0.4, -0.2) is 42.8 Å². The monoisotopic (exact) mass is 293 g/mol. The van der Waals surface area contributed by atoms with Gasteiger partial charge in [0.1, 0.15) is 0 Å². The molecule has 1 aliphatic rings. The first-order valence-electron chi connectivity index (χ1n) is 5.65. The number of ether oxygens (including phenoxy) is 1. The molecule has 0 bridgehead atoms. The van der Waals surface area contributed by atoms with Gasteiger partial charge in [0.05, 0.1) is 11.7 Å². The molecule has 1 N–H and O–H groups in total. The average Bonchev–Trinajstić information content (AvgIpc) is 2.77. The Hall–Kier alpha value is -0.630. The molecule has 6 nitrogen and oxygen atoms in total. The van der Waals surface area contributed by atoms with E-state index in [2.05, 4.69) is 9.82 Å². The average molecular weight is 294 g/mol. The number of rotatable bonds is 4. The topological polar surface area (TPSA) is 73.2 Å². The van der Waals surface area contributed by atoms with Crippen LogP contribution in [0.2, 0.25) is 0 Å². The van der Waals surface area contributed by atoms with Gasteiger partial charge < -0.3 is 4.74 Å². The molecule has 1 aromatic heterocycles. The molecule has 0 amide bonds. The normalized spacial score (nSPS) is 19.9.